The second-order valence-corrected chi connectivity index (χ2v) is 3.65. The predicted molar refractivity (Wildman–Crippen MR) is 59.8 cm³/mol. The van der Waals surface area contributed by atoms with Crippen LogP contribution in [0.2, 0.25) is 5.02 Å². The minimum atomic E-state index is 0.0827. The van der Waals surface area contributed by atoms with Crippen LogP contribution in [-0.2, 0) is 0 Å². The lowest BCUT2D eigenvalue weighted by Crippen LogP contribution is -1.99. The highest BCUT2D eigenvalue weighted by molar-refractivity contribution is 6.31. The van der Waals surface area contributed by atoms with E-state index in [4.69, 9.17) is 11.6 Å². The van der Waals surface area contributed by atoms with E-state index in [0.717, 1.165) is 12.0 Å². The van der Waals surface area contributed by atoms with Gasteiger partial charge in [0, 0.05) is 17.0 Å². The minimum absolute atomic E-state index is 0.0827. The molecule has 0 saturated heterocycles. The average Bonchev–Trinajstić information content (AvgIpc) is 2.17. The Balaban J connectivity index is 2.75. The van der Waals surface area contributed by atoms with Crippen LogP contribution in [0.25, 0.3) is 0 Å². The summed E-state index contributed by atoms with van der Waals surface area (Å²) in [6.45, 7) is 5.80. The normalized spacial score (nSPS) is 9.86. The van der Waals surface area contributed by atoms with E-state index in [1.165, 1.54) is 0 Å². The van der Waals surface area contributed by atoms with Crippen LogP contribution in [0.5, 0.6) is 0 Å². The Hall–Kier alpha value is -1.08. The molecule has 0 bridgehead atoms. The number of carbonyl (C=O) groups excluding carboxylic acids is 1. The summed E-state index contributed by atoms with van der Waals surface area (Å²) in [5.74, 6) is 0.0827. The van der Waals surface area contributed by atoms with E-state index >= 15 is 0 Å². The molecule has 0 spiro atoms. The molecule has 0 amide bonds. The van der Waals surface area contributed by atoms with E-state index in [1.807, 2.05) is 6.92 Å². The Kier molecular flexibility index (Phi) is 3.90. The number of Topliss-reactive ketones (excluding diaryl/α,β-unsaturated/α-hetero) is 1. The van der Waals surface area contributed by atoms with Gasteiger partial charge in [-0.2, -0.15) is 0 Å². The highest BCUT2D eigenvalue weighted by Crippen LogP contribution is 2.14. The molecule has 0 aliphatic rings. The van der Waals surface area contributed by atoms with E-state index in [0.29, 0.717) is 17.0 Å². The molecule has 0 radical (unpaired) electrons. The number of benzene rings is 1. The molecule has 74 valence electrons. The first kappa shape index (κ1) is 11.0. The zero-order chi connectivity index (χ0) is 10.6. The van der Waals surface area contributed by atoms with Crippen LogP contribution in [0, 0.1) is 0 Å². The molecular weight excluding hydrogens is 196 g/mol. The van der Waals surface area contributed by atoms with Crippen molar-refractivity contribution in [2.75, 3.05) is 0 Å². The topological polar surface area (TPSA) is 17.1 Å². The molecule has 14 heavy (non-hydrogen) atoms. The third kappa shape index (κ3) is 3.00. The van der Waals surface area contributed by atoms with Gasteiger partial charge < -0.3 is 0 Å². The molecule has 0 aromatic heterocycles. The number of halogens is 1. The Bertz CT molecular complexity index is 355. The number of hydrogen-bond acceptors (Lipinski definition) is 1. The van der Waals surface area contributed by atoms with Gasteiger partial charge in [0.1, 0.15) is 0 Å². The van der Waals surface area contributed by atoms with Crippen molar-refractivity contribution in [2.24, 2.45) is 0 Å². The third-order valence-electron chi connectivity index (χ3n) is 2.06. The van der Waals surface area contributed by atoms with Gasteiger partial charge in [-0.05, 0) is 18.6 Å². The van der Waals surface area contributed by atoms with Crippen LogP contribution in [-0.4, -0.2) is 5.78 Å². The second kappa shape index (κ2) is 4.97. The second-order valence-electron chi connectivity index (χ2n) is 3.21. The van der Waals surface area contributed by atoms with Crippen molar-refractivity contribution < 1.29 is 4.79 Å². The summed E-state index contributed by atoms with van der Waals surface area (Å²) in [7, 11) is 0. The molecule has 1 aromatic rings. The molecule has 0 unspecified atom stereocenters. The van der Waals surface area contributed by atoms with E-state index in [9.17, 15) is 4.79 Å². The lowest BCUT2D eigenvalue weighted by atomic mass is 10.0. The van der Waals surface area contributed by atoms with Crippen molar-refractivity contribution in [3.05, 3.63) is 47.0 Å². The van der Waals surface area contributed by atoms with Crippen LogP contribution in [0.15, 0.2) is 36.4 Å². The molecule has 1 aromatic carbocycles. The van der Waals surface area contributed by atoms with Crippen molar-refractivity contribution in [1.82, 2.24) is 0 Å². The lowest BCUT2D eigenvalue weighted by molar-refractivity contribution is 0.0992. The molecular formula is C12H13ClO. The average molecular weight is 209 g/mol. The van der Waals surface area contributed by atoms with Crippen LogP contribution in [0.1, 0.15) is 30.1 Å². The predicted octanol–water partition coefficient (Wildman–Crippen LogP) is 3.88. The van der Waals surface area contributed by atoms with Crippen molar-refractivity contribution in [3.63, 3.8) is 0 Å². The van der Waals surface area contributed by atoms with Gasteiger partial charge in [-0.1, -0.05) is 42.8 Å². The first-order valence-corrected chi connectivity index (χ1v) is 4.96. The van der Waals surface area contributed by atoms with Gasteiger partial charge in [-0.25, -0.2) is 0 Å². The Morgan fingerprint density at radius 1 is 1.50 bits per heavy atom. The summed E-state index contributed by atoms with van der Waals surface area (Å²) < 4.78 is 0. The summed E-state index contributed by atoms with van der Waals surface area (Å²) in [6.07, 6.45) is 1.25. The van der Waals surface area contributed by atoms with Crippen molar-refractivity contribution >= 4 is 17.4 Å². The van der Waals surface area contributed by atoms with Crippen LogP contribution in [0.4, 0.5) is 0 Å². The van der Waals surface area contributed by atoms with Gasteiger partial charge in [0.05, 0.1) is 0 Å². The molecule has 0 heterocycles. The van der Waals surface area contributed by atoms with E-state index in [2.05, 4.69) is 6.58 Å². The largest absolute Gasteiger partial charge is 0.294 e. The summed E-state index contributed by atoms with van der Waals surface area (Å²) in [5, 5.41) is 0.595. The van der Waals surface area contributed by atoms with Gasteiger partial charge in [-0.3, -0.25) is 4.79 Å². The van der Waals surface area contributed by atoms with Gasteiger partial charge in [0.2, 0.25) is 0 Å². The third-order valence-corrected chi connectivity index (χ3v) is 2.29. The van der Waals surface area contributed by atoms with Crippen LogP contribution >= 0.6 is 11.6 Å². The standard InChI is InChI=1S/C12H13ClO/c1-3-9(2)7-12(14)10-5-4-6-11(13)8-10/h4-6,8H,2-3,7H2,1H3. The highest BCUT2D eigenvalue weighted by Gasteiger charge is 2.06. The van der Waals surface area contributed by atoms with Gasteiger partial charge >= 0.3 is 0 Å². The van der Waals surface area contributed by atoms with Gasteiger partial charge in [0.25, 0.3) is 0 Å². The van der Waals surface area contributed by atoms with E-state index in [1.54, 1.807) is 24.3 Å². The van der Waals surface area contributed by atoms with Gasteiger partial charge in [-0.15, -0.1) is 0 Å². The number of ketones is 1. The Morgan fingerprint density at radius 2 is 2.21 bits per heavy atom. The minimum Gasteiger partial charge on any atom is -0.294 e. The maximum absolute atomic E-state index is 11.6. The molecule has 0 atom stereocenters. The molecule has 0 aliphatic heterocycles. The molecule has 2 heteroatoms. The highest BCUT2D eigenvalue weighted by atomic mass is 35.5. The number of allylic oxidation sites excluding steroid dienone is 1. The maximum atomic E-state index is 11.6. The monoisotopic (exact) mass is 208 g/mol. The Labute approximate surface area is 89.4 Å². The Morgan fingerprint density at radius 3 is 2.79 bits per heavy atom. The van der Waals surface area contributed by atoms with Crippen molar-refractivity contribution in [1.29, 1.82) is 0 Å². The summed E-state index contributed by atoms with van der Waals surface area (Å²) in [4.78, 5) is 11.6. The SMILES string of the molecule is C=C(CC)CC(=O)c1cccc(Cl)c1. The molecule has 0 fully saturated rings. The van der Waals surface area contributed by atoms with Gasteiger partial charge in [0.15, 0.2) is 5.78 Å². The fourth-order valence-electron chi connectivity index (χ4n) is 1.12. The van der Waals surface area contributed by atoms with Crippen LogP contribution in [0.3, 0.4) is 0 Å². The van der Waals surface area contributed by atoms with Crippen LogP contribution < -0.4 is 0 Å². The molecule has 0 N–H and O–H groups in total. The smallest absolute Gasteiger partial charge is 0.166 e. The molecule has 1 nitrogen and oxygen atoms in total. The quantitative estimate of drug-likeness (QED) is 0.542. The summed E-state index contributed by atoms with van der Waals surface area (Å²) in [5.41, 5.74) is 1.61. The molecule has 0 aliphatic carbocycles. The fourth-order valence-corrected chi connectivity index (χ4v) is 1.31. The lowest BCUT2D eigenvalue weighted by Gasteiger charge is -2.02. The number of carbonyl (C=O) groups is 1. The number of hydrogen-bond donors (Lipinski definition) is 0. The molecule has 0 saturated carbocycles. The first-order valence-electron chi connectivity index (χ1n) is 4.59. The van der Waals surface area contributed by atoms with Crippen molar-refractivity contribution in [3.8, 4) is 0 Å². The maximum Gasteiger partial charge on any atom is 0.166 e. The van der Waals surface area contributed by atoms with E-state index in [-0.39, 0.29) is 5.78 Å². The van der Waals surface area contributed by atoms with Crippen molar-refractivity contribution in [2.45, 2.75) is 19.8 Å². The zero-order valence-electron chi connectivity index (χ0n) is 8.22. The van der Waals surface area contributed by atoms with E-state index < -0.39 is 0 Å². The first-order chi connectivity index (χ1) is 6.63. The number of rotatable bonds is 4. The molecule has 1 rings (SSSR count). The fraction of sp³-hybridized carbons (Fsp3) is 0.250. The summed E-state index contributed by atoms with van der Waals surface area (Å²) >= 11 is 5.78. The summed E-state index contributed by atoms with van der Waals surface area (Å²) in [6, 6.07) is 7.00. The zero-order valence-corrected chi connectivity index (χ0v) is 8.97.